The Morgan fingerprint density at radius 2 is 1.06 bits per heavy atom. The van der Waals surface area contributed by atoms with E-state index in [2.05, 4.69) is 12.2 Å². The zero-order chi connectivity index (χ0) is 23.8. The molecule has 190 valence electrons. The van der Waals surface area contributed by atoms with Gasteiger partial charge in [0.15, 0.2) is 0 Å². The molecule has 0 saturated carbocycles. The van der Waals surface area contributed by atoms with Crippen LogP contribution in [0.2, 0.25) is 0 Å². The molecule has 5 nitrogen and oxygen atoms in total. The van der Waals surface area contributed by atoms with Gasteiger partial charge in [0.1, 0.15) is 0 Å². The second-order valence-electron chi connectivity index (χ2n) is 9.13. The lowest BCUT2D eigenvalue weighted by atomic mass is 10.0. The van der Waals surface area contributed by atoms with Gasteiger partial charge >= 0.3 is 0 Å². The molecule has 32 heavy (non-hydrogen) atoms. The molecular formula is C26H51NO4S. The summed E-state index contributed by atoms with van der Waals surface area (Å²) in [7, 11) is -4.01. The molecule has 6 heteroatoms. The molecule has 0 aromatic heterocycles. The maximum Gasteiger partial charge on any atom is 0.266 e. The van der Waals surface area contributed by atoms with E-state index in [-0.39, 0.29) is 12.5 Å². The quantitative estimate of drug-likeness (QED) is 0.0870. The third kappa shape index (κ3) is 27.2. The Balaban J connectivity index is 3.21. The first-order valence-corrected chi connectivity index (χ1v) is 15.0. The van der Waals surface area contributed by atoms with E-state index in [1.807, 2.05) is 6.08 Å². The number of carbonyl (C=O) groups excluding carboxylic acids is 1. The van der Waals surface area contributed by atoms with Crippen LogP contribution in [0.15, 0.2) is 12.2 Å². The fourth-order valence-corrected chi connectivity index (χ4v) is 4.25. The largest absolute Gasteiger partial charge is 0.351 e. The van der Waals surface area contributed by atoms with Gasteiger partial charge in [-0.2, -0.15) is 8.42 Å². The second-order valence-corrected chi connectivity index (χ2v) is 10.7. The summed E-state index contributed by atoms with van der Waals surface area (Å²) in [5, 5.41) is 2.44. The van der Waals surface area contributed by atoms with Crippen LogP contribution in [0.1, 0.15) is 135 Å². The Bertz CT molecular complexity index is 546. The molecule has 2 N–H and O–H groups in total. The van der Waals surface area contributed by atoms with E-state index >= 15 is 0 Å². The number of rotatable bonds is 24. The number of unbranched alkanes of at least 4 members (excludes halogenated alkanes) is 19. The highest BCUT2D eigenvalue weighted by atomic mass is 32.2. The van der Waals surface area contributed by atoms with Gasteiger partial charge in [-0.05, 0) is 18.9 Å². The highest BCUT2D eigenvalue weighted by Crippen LogP contribution is 2.14. The van der Waals surface area contributed by atoms with Crippen molar-refractivity contribution in [1.82, 2.24) is 5.32 Å². The molecule has 0 aliphatic rings. The van der Waals surface area contributed by atoms with Crippen molar-refractivity contribution < 1.29 is 17.8 Å². The maximum atomic E-state index is 11.5. The molecule has 0 heterocycles. The first kappa shape index (κ1) is 31.1. The molecule has 0 aromatic carbocycles. The van der Waals surface area contributed by atoms with Gasteiger partial charge in [0, 0.05) is 6.54 Å². The van der Waals surface area contributed by atoms with Crippen LogP contribution in [0.5, 0.6) is 0 Å². The van der Waals surface area contributed by atoms with Crippen LogP contribution >= 0.6 is 0 Å². The highest BCUT2D eigenvalue weighted by molar-refractivity contribution is 7.85. The summed E-state index contributed by atoms with van der Waals surface area (Å²) >= 11 is 0. The molecule has 0 rings (SSSR count). The molecular weight excluding hydrogens is 422 g/mol. The first-order valence-electron chi connectivity index (χ1n) is 13.3. The summed E-state index contributed by atoms with van der Waals surface area (Å²) < 4.78 is 29.7. The lowest BCUT2D eigenvalue weighted by molar-refractivity contribution is -0.116. The first-order chi connectivity index (χ1) is 15.5. The van der Waals surface area contributed by atoms with Gasteiger partial charge < -0.3 is 5.32 Å². The normalized spacial score (nSPS) is 11.9. The summed E-state index contributed by atoms with van der Waals surface area (Å²) in [6.07, 6.45) is 30.1. The minimum atomic E-state index is -4.01. The minimum absolute atomic E-state index is 0.0682. The zero-order valence-corrected chi connectivity index (χ0v) is 21.6. The van der Waals surface area contributed by atoms with Crippen molar-refractivity contribution in [3.05, 3.63) is 12.2 Å². The van der Waals surface area contributed by atoms with Crippen LogP contribution in [0.3, 0.4) is 0 Å². The predicted octanol–water partition coefficient (Wildman–Crippen LogP) is 7.37. The van der Waals surface area contributed by atoms with Crippen molar-refractivity contribution in [2.24, 2.45) is 0 Å². The van der Waals surface area contributed by atoms with Crippen molar-refractivity contribution in [1.29, 1.82) is 0 Å². The van der Waals surface area contributed by atoms with Crippen molar-refractivity contribution in [2.75, 3.05) is 12.3 Å². The van der Waals surface area contributed by atoms with E-state index in [1.165, 1.54) is 122 Å². The van der Waals surface area contributed by atoms with Gasteiger partial charge in [0.2, 0.25) is 5.91 Å². The van der Waals surface area contributed by atoms with Crippen LogP contribution in [0.4, 0.5) is 0 Å². The van der Waals surface area contributed by atoms with E-state index in [0.29, 0.717) is 0 Å². The number of hydrogen-bond acceptors (Lipinski definition) is 3. The zero-order valence-electron chi connectivity index (χ0n) is 20.8. The van der Waals surface area contributed by atoms with Gasteiger partial charge in [-0.15, -0.1) is 0 Å². The maximum absolute atomic E-state index is 11.5. The molecule has 0 aromatic rings. The molecule has 0 fully saturated rings. The lowest BCUT2D eigenvalue weighted by Crippen LogP contribution is -2.27. The average Bonchev–Trinajstić information content (AvgIpc) is 2.74. The SMILES string of the molecule is CCCCCCCCCCCCCCCCCCCCC/C=C/C(=O)NCCS(=O)(=O)O. The summed E-state index contributed by atoms with van der Waals surface area (Å²) in [5.74, 6) is -0.766. The Hall–Kier alpha value is -0.880. The summed E-state index contributed by atoms with van der Waals surface area (Å²) in [6, 6.07) is 0. The van der Waals surface area contributed by atoms with Crippen LogP contribution in [-0.4, -0.2) is 31.2 Å². The summed E-state index contributed by atoms with van der Waals surface area (Å²) in [5.41, 5.74) is 0. The fraction of sp³-hybridized carbons (Fsp3) is 0.885. The monoisotopic (exact) mass is 473 g/mol. The Morgan fingerprint density at radius 1 is 0.688 bits per heavy atom. The Kier molecular flexibility index (Phi) is 22.6. The third-order valence-corrected chi connectivity index (χ3v) is 6.62. The fourth-order valence-electron chi connectivity index (χ4n) is 3.89. The third-order valence-electron chi connectivity index (χ3n) is 5.90. The van der Waals surface area contributed by atoms with Crippen molar-refractivity contribution in [2.45, 2.75) is 135 Å². The van der Waals surface area contributed by atoms with Gasteiger partial charge in [-0.3, -0.25) is 9.35 Å². The molecule has 0 spiro atoms. The number of nitrogens with one attached hydrogen (secondary N) is 1. The number of allylic oxidation sites excluding steroid dienone is 1. The lowest BCUT2D eigenvalue weighted by Gasteiger charge is -2.04. The molecule has 0 unspecified atom stereocenters. The number of hydrogen-bond donors (Lipinski definition) is 2. The van der Waals surface area contributed by atoms with Crippen LogP contribution in [-0.2, 0) is 14.9 Å². The van der Waals surface area contributed by atoms with Gasteiger partial charge in [0.05, 0.1) is 5.75 Å². The molecule has 1 amide bonds. The number of amides is 1. The van der Waals surface area contributed by atoms with E-state index in [0.717, 1.165) is 12.8 Å². The minimum Gasteiger partial charge on any atom is -0.351 e. The molecule has 0 bridgehead atoms. The Labute approximate surface area is 199 Å². The average molecular weight is 474 g/mol. The van der Waals surface area contributed by atoms with Crippen LogP contribution in [0.25, 0.3) is 0 Å². The summed E-state index contributed by atoms with van der Waals surface area (Å²) in [6.45, 7) is 2.21. The van der Waals surface area contributed by atoms with Gasteiger partial charge in [0.25, 0.3) is 10.1 Å². The van der Waals surface area contributed by atoms with E-state index in [1.54, 1.807) is 0 Å². The molecule has 0 atom stereocenters. The summed E-state index contributed by atoms with van der Waals surface area (Å²) in [4.78, 5) is 11.5. The molecule has 0 saturated heterocycles. The van der Waals surface area contributed by atoms with E-state index in [4.69, 9.17) is 4.55 Å². The molecule has 0 aliphatic carbocycles. The van der Waals surface area contributed by atoms with E-state index < -0.39 is 15.9 Å². The van der Waals surface area contributed by atoms with Crippen LogP contribution < -0.4 is 5.32 Å². The number of carbonyl (C=O) groups is 1. The second kappa shape index (κ2) is 23.3. The van der Waals surface area contributed by atoms with Crippen molar-refractivity contribution >= 4 is 16.0 Å². The topological polar surface area (TPSA) is 83.5 Å². The van der Waals surface area contributed by atoms with Gasteiger partial charge in [-0.1, -0.05) is 129 Å². The Morgan fingerprint density at radius 3 is 1.44 bits per heavy atom. The predicted molar refractivity (Wildman–Crippen MR) is 137 cm³/mol. The molecule has 0 aliphatic heterocycles. The van der Waals surface area contributed by atoms with Crippen molar-refractivity contribution in [3.63, 3.8) is 0 Å². The van der Waals surface area contributed by atoms with Crippen molar-refractivity contribution in [3.8, 4) is 0 Å². The van der Waals surface area contributed by atoms with Gasteiger partial charge in [-0.25, -0.2) is 0 Å². The smallest absolute Gasteiger partial charge is 0.266 e. The molecule has 0 radical (unpaired) electrons. The van der Waals surface area contributed by atoms with E-state index in [9.17, 15) is 13.2 Å². The van der Waals surface area contributed by atoms with Crippen LogP contribution in [0, 0.1) is 0 Å². The standard InChI is InChI=1S/C26H51NO4S/c1-2-3-4-5-6-7-8-9-10-11-12-13-14-15-16-17-18-19-20-21-22-23-26(28)27-24-25-32(29,30)31/h22-23H,2-21,24-25H2,1H3,(H,27,28)(H,29,30,31)/b23-22+. The highest BCUT2D eigenvalue weighted by Gasteiger charge is 2.04.